The molecule has 1 aliphatic heterocycles. The second-order valence-electron chi connectivity index (χ2n) is 5.79. The number of nitrogens with zero attached hydrogens (tertiary/aromatic N) is 3. The fourth-order valence-corrected chi connectivity index (χ4v) is 2.53. The van der Waals surface area contributed by atoms with Crippen molar-refractivity contribution in [1.82, 2.24) is 9.80 Å². The van der Waals surface area contributed by atoms with Gasteiger partial charge in [0, 0.05) is 12.2 Å². The lowest BCUT2D eigenvalue weighted by molar-refractivity contribution is -0.130. The van der Waals surface area contributed by atoms with Crippen molar-refractivity contribution in [2.75, 3.05) is 0 Å². The molecule has 3 amide bonds. The van der Waals surface area contributed by atoms with E-state index in [0.717, 1.165) is 10.5 Å². The van der Waals surface area contributed by atoms with Crippen LogP contribution in [-0.4, -0.2) is 27.3 Å². The maximum atomic E-state index is 12.7. The molecule has 0 unspecified atom stereocenters. The van der Waals surface area contributed by atoms with Crippen molar-refractivity contribution in [3.05, 3.63) is 59.8 Å². The van der Waals surface area contributed by atoms with E-state index < -0.39 is 5.54 Å². The minimum Gasteiger partial charge on any atom is -0.305 e. The lowest BCUT2D eigenvalue weighted by Gasteiger charge is -2.27. The highest BCUT2D eigenvalue weighted by molar-refractivity contribution is 6.08. The summed E-state index contributed by atoms with van der Waals surface area (Å²) in [7, 11) is 0. The second-order valence-corrected chi connectivity index (χ2v) is 5.79. The van der Waals surface area contributed by atoms with E-state index >= 15 is 0 Å². The third-order valence-corrected chi connectivity index (χ3v) is 4.01. The average Bonchev–Trinajstić information content (AvgIpc) is 2.71. The van der Waals surface area contributed by atoms with Gasteiger partial charge in [-0.1, -0.05) is 24.8 Å². The van der Waals surface area contributed by atoms with E-state index in [9.17, 15) is 9.59 Å². The smallest absolute Gasteiger partial charge is 0.305 e. The Kier molecular flexibility index (Phi) is 4.37. The number of carbonyl (C=O) groups excluding carboxylic acids is 2. The standard InChI is InChI=1S/C18H19N3O2/c1-5-15(6-2)21-16(22)18(3,4)20(17(21)23)12-14-9-7-13(11-19)8-10-14/h5-10H,1,12H2,2-4H3/b15-6+. The van der Waals surface area contributed by atoms with Crippen molar-refractivity contribution >= 4 is 11.9 Å². The fraction of sp³-hybridized carbons (Fsp3) is 0.278. The fourth-order valence-electron chi connectivity index (χ4n) is 2.53. The highest BCUT2D eigenvalue weighted by Gasteiger charge is 2.51. The molecular weight excluding hydrogens is 290 g/mol. The average molecular weight is 309 g/mol. The molecule has 0 aromatic heterocycles. The Morgan fingerprint density at radius 3 is 2.39 bits per heavy atom. The molecule has 0 atom stereocenters. The van der Waals surface area contributed by atoms with Crippen LogP contribution in [0.2, 0.25) is 0 Å². The molecule has 1 fully saturated rings. The van der Waals surface area contributed by atoms with Gasteiger partial charge < -0.3 is 4.90 Å². The number of allylic oxidation sites excluding steroid dienone is 2. The zero-order valence-electron chi connectivity index (χ0n) is 13.5. The van der Waals surface area contributed by atoms with E-state index in [1.807, 2.05) is 0 Å². The van der Waals surface area contributed by atoms with Gasteiger partial charge >= 0.3 is 6.03 Å². The van der Waals surface area contributed by atoms with Crippen LogP contribution in [0.1, 0.15) is 31.9 Å². The van der Waals surface area contributed by atoms with Crippen LogP contribution in [0.25, 0.3) is 0 Å². The Balaban J connectivity index is 2.34. The largest absolute Gasteiger partial charge is 0.332 e. The lowest BCUT2D eigenvalue weighted by atomic mass is 10.0. The first kappa shape index (κ1) is 16.5. The van der Waals surface area contributed by atoms with Gasteiger partial charge in [0.05, 0.1) is 11.6 Å². The molecule has 0 N–H and O–H groups in total. The van der Waals surface area contributed by atoms with E-state index in [1.54, 1.807) is 51.1 Å². The molecule has 1 aromatic rings. The number of benzene rings is 1. The van der Waals surface area contributed by atoms with E-state index in [1.165, 1.54) is 11.0 Å². The zero-order valence-corrected chi connectivity index (χ0v) is 13.5. The predicted octanol–water partition coefficient (Wildman–Crippen LogP) is 3.19. The molecule has 5 nitrogen and oxygen atoms in total. The number of nitriles is 1. The van der Waals surface area contributed by atoms with Gasteiger partial charge in [-0.05, 0) is 44.5 Å². The summed E-state index contributed by atoms with van der Waals surface area (Å²) in [6, 6.07) is 8.67. The van der Waals surface area contributed by atoms with Crippen LogP contribution >= 0.6 is 0 Å². The number of hydrogen-bond donors (Lipinski definition) is 0. The molecule has 1 saturated heterocycles. The maximum Gasteiger partial charge on any atom is 0.332 e. The highest BCUT2D eigenvalue weighted by Crippen LogP contribution is 2.32. The molecule has 5 heteroatoms. The first-order valence-electron chi connectivity index (χ1n) is 7.30. The summed E-state index contributed by atoms with van der Waals surface area (Å²) in [6.07, 6.45) is 3.18. The Labute approximate surface area is 136 Å². The SMILES string of the molecule is C=C/C(=C\C)N1C(=O)N(Cc2ccc(C#N)cc2)C(C)(C)C1=O. The van der Waals surface area contributed by atoms with Gasteiger partial charge in [0.25, 0.3) is 5.91 Å². The first-order valence-corrected chi connectivity index (χ1v) is 7.30. The minimum atomic E-state index is -0.942. The Morgan fingerprint density at radius 2 is 1.91 bits per heavy atom. The summed E-state index contributed by atoms with van der Waals surface area (Å²) >= 11 is 0. The van der Waals surface area contributed by atoms with Gasteiger partial charge in [0.15, 0.2) is 0 Å². The summed E-state index contributed by atoms with van der Waals surface area (Å²) in [4.78, 5) is 28.0. The Hall–Kier alpha value is -2.87. The van der Waals surface area contributed by atoms with Crippen LogP contribution in [0.15, 0.2) is 48.7 Å². The molecule has 0 bridgehead atoms. The number of amides is 3. The molecule has 1 aromatic carbocycles. The third kappa shape index (κ3) is 2.76. The van der Waals surface area contributed by atoms with Crippen LogP contribution in [-0.2, 0) is 11.3 Å². The van der Waals surface area contributed by atoms with Crippen LogP contribution in [0.4, 0.5) is 4.79 Å². The molecular formula is C18H19N3O2. The molecule has 0 spiro atoms. The van der Waals surface area contributed by atoms with Gasteiger partial charge in [0.2, 0.25) is 0 Å². The van der Waals surface area contributed by atoms with Crippen molar-refractivity contribution < 1.29 is 9.59 Å². The normalized spacial score (nSPS) is 17.4. The van der Waals surface area contributed by atoms with Crippen molar-refractivity contribution in [2.24, 2.45) is 0 Å². The Morgan fingerprint density at radius 1 is 1.30 bits per heavy atom. The number of rotatable bonds is 4. The summed E-state index contributed by atoms with van der Waals surface area (Å²) in [5.41, 5.74) is 0.958. The summed E-state index contributed by atoms with van der Waals surface area (Å²) in [5.74, 6) is -0.274. The van der Waals surface area contributed by atoms with Crippen molar-refractivity contribution in [3.63, 3.8) is 0 Å². The van der Waals surface area contributed by atoms with E-state index in [4.69, 9.17) is 5.26 Å². The lowest BCUT2D eigenvalue weighted by Crippen LogP contribution is -2.43. The second kappa shape index (κ2) is 6.09. The minimum absolute atomic E-state index is 0.274. The summed E-state index contributed by atoms with van der Waals surface area (Å²) in [6.45, 7) is 9.17. The highest BCUT2D eigenvalue weighted by atomic mass is 16.2. The third-order valence-electron chi connectivity index (χ3n) is 4.01. The van der Waals surface area contributed by atoms with Crippen LogP contribution in [0, 0.1) is 11.3 Å². The van der Waals surface area contributed by atoms with E-state index in [2.05, 4.69) is 12.6 Å². The molecule has 2 rings (SSSR count). The topological polar surface area (TPSA) is 64.4 Å². The molecule has 1 aliphatic rings. The van der Waals surface area contributed by atoms with Gasteiger partial charge in [-0.25, -0.2) is 9.69 Å². The van der Waals surface area contributed by atoms with E-state index in [0.29, 0.717) is 17.8 Å². The summed E-state index contributed by atoms with van der Waals surface area (Å²) < 4.78 is 0. The molecule has 0 radical (unpaired) electrons. The van der Waals surface area contributed by atoms with Crippen molar-refractivity contribution in [3.8, 4) is 6.07 Å². The molecule has 118 valence electrons. The monoisotopic (exact) mass is 309 g/mol. The van der Waals surface area contributed by atoms with Gasteiger partial charge in [-0.3, -0.25) is 4.79 Å². The number of imide groups is 1. The van der Waals surface area contributed by atoms with Gasteiger partial charge in [0.1, 0.15) is 5.54 Å². The van der Waals surface area contributed by atoms with E-state index in [-0.39, 0.29) is 11.9 Å². The number of carbonyl (C=O) groups is 2. The van der Waals surface area contributed by atoms with Crippen LogP contribution < -0.4 is 0 Å². The van der Waals surface area contributed by atoms with Gasteiger partial charge in [-0.2, -0.15) is 5.26 Å². The zero-order chi connectivity index (χ0) is 17.2. The number of hydrogen-bond acceptors (Lipinski definition) is 3. The number of urea groups is 1. The van der Waals surface area contributed by atoms with Gasteiger partial charge in [-0.15, -0.1) is 0 Å². The molecule has 1 heterocycles. The Bertz CT molecular complexity index is 724. The van der Waals surface area contributed by atoms with Crippen molar-refractivity contribution in [1.29, 1.82) is 5.26 Å². The molecule has 23 heavy (non-hydrogen) atoms. The predicted molar refractivity (Wildman–Crippen MR) is 87.0 cm³/mol. The quantitative estimate of drug-likeness (QED) is 0.634. The van der Waals surface area contributed by atoms with Crippen LogP contribution in [0.3, 0.4) is 0 Å². The molecule has 0 aliphatic carbocycles. The van der Waals surface area contributed by atoms with Crippen molar-refractivity contribution in [2.45, 2.75) is 32.9 Å². The van der Waals surface area contributed by atoms with Crippen LogP contribution in [0.5, 0.6) is 0 Å². The molecule has 0 saturated carbocycles. The maximum absolute atomic E-state index is 12.7. The summed E-state index contributed by atoms with van der Waals surface area (Å²) in [5, 5.41) is 8.84. The first-order chi connectivity index (χ1) is 10.9.